The normalized spacial score (nSPS) is 28.7. The number of likely N-dealkylation sites (tertiary alicyclic amines) is 1. The molecule has 4 fully saturated rings. The first kappa shape index (κ1) is 46.7. The Morgan fingerprint density at radius 1 is 0.581 bits per heavy atom. The van der Waals surface area contributed by atoms with Crippen molar-refractivity contribution in [3.63, 3.8) is 0 Å². The van der Waals surface area contributed by atoms with E-state index in [2.05, 4.69) is 88.9 Å². The molecule has 0 spiro atoms. The molecule has 1 saturated heterocycles. The first-order chi connectivity index (χ1) is 29.6. The molecule has 2 unspecified atom stereocenters. The van der Waals surface area contributed by atoms with Crippen LogP contribution in [-0.4, -0.2) is 58.9 Å². The molecule has 5 aliphatic carbocycles. The fourth-order valence-electron chi connectivity index (χ4n) is 12.0. The van der Waals surface area contributed by atoms with Crippen LogP contribution in [0.5, 0.6) is 11.5 Å². The number of piperidine rings is 1. The van der Waals surface area contributed by atoms with Gasteiger partial charge in [0.15, 0.2) is 0 Å². The Bertz CT molecular complexity index is 1820. The molecule has 1 aliphatic heterocycles. The summed E-state index contributed by atoms with van der Waals surface area (Å²) in [6.07, 6.45) is 25.1. The molecule has 0 aromatic heterocycles. The van der Waals surface area contributed by atoms with Gasteiger partial charge in [-0.25, -0.2) is 0 Å². The highest BCUT2D eigenvalue weighted by molar-refractivity contribution is 5.70. The monoisotopic (exact) mass is 852 g/mol. The third-order valence-corrected chi connectivity index (χ3v) is 16.3. The van der Waals surface area contributed by atoms with Crippen molar-refractivity contribution in [1.82, 2.24) is 4.90 Å². The summed E-state index contributed by atoms with van der Waals surface area (Å²) < 4.78 is 12.8. The number of rotatable bonds is 9. The molecular formula is C55H81NO6. The molecule has 0 amide bonds. The number of benzene rings is 2. The molecule has 2 aromatic rings. The maximum absolute atomic E-state index is 11.2. The summed E-state index contributed by atoms with van der Waals surface area (Å²) in [5, 5.41) is 18.4. The van der Waals surface area contributed by atoms with Crippen LogP contribution >= 0.6 is 0 Å². The zero-order valence-electron chi connectivity index (χ0n) is 39.4. The van der Waals surface area contributed by atoms with Gasteiger partial charge in [0.05, 0.1) is 24.0 Å². The van der Waals surface area contributed by atoms with E-state index in [1.807, 2.05) is 0 Å². The second kappa shape index (κ2) is 20.7. The van der Waals surface area contributed by atoms with Gasteiger partial charge in [-0.15, -0.1) is 0 Å². The summed E-state index contributed by atoms with van der Waals surface area (Å²) in [7, 11) is 0. The first-order valence-corrected chi connectivity index (χ1v) is 25.0. The Hall–Kier alpha value is -3.32. The van der Waals surface area contributed by atoms with Crippen LogP contribution < -0.4 is 9.47 Å². The van der Waals surface area contributed by atoms with Gasteiger partial charge in [-0.05, 0) is 223 Å². The lowest BCUT2D eigenvalue weighted by Gasteiger charge is -2.37. The summed E-state index contributed by atoms with van der Waals surface area (Å²) in [6.45, 7) is 17.2. The maximum Gasteiger partial charge on any atom is 0.306 e. The third kappa shape index (κ3) is 12.9. The molecule has 1 heterocycles. The van der Waals surface area contributed by atoms with Gasteiger partial charge in [-0.2, -0.15) is 0 Å². The van der Waals surface area contributed by atoms with Crippen LogP contribution in [0.15, 0.2) is 48.0 Å². The molecule has 3 saturated carbocycles. The Kier molecular flexibility index (Phi) is 15.6. The highest BCUT2D eigenvalue weighted by Gasteiger charge is 2.33. The number of nitrogens with zero attached hydrogens (tertiary/aromatic N) is 1. The number of ether oxygens (including phenoxy) is 2. The number of carboxylic acid groups (broad SMARTS) is 2. The van der Waals surface area contributed by atoms with Crippen molar-refractivity contribution in [2.24, 2.45) is 46.3 Å². The minimum Gasteiger partial charge on any atom is -0.490 e. The third-order valence-electron chi connectivity index (χ3n) is 16.3. The van der Waals surface area contributed by atoms with Gasteiger partial charge in [0.25, 0.3) is 0 Å². The number of fused-ring (bicyclic) bond motifs is 2. The predicted molar refractivity (Wildman–Crippen MR) is 250 cm³/mol. The number of carboxylic acids is 2. The number of aliphatic carboxylic acids is 2. The van der Waals surface area contributed by atoms with Crippen LogP contribution in [0.3, 0.4) is 0 Å². The largest absolute Gasteiger partial charge is 0.490 e. The molecule has 7 nitrogen and oxygen atoms in total. The average molecular weight is 852 g/mol. The molecule has 2 aromatic carbocycles. The average Bonchev–Trinajstić information content (AvgIpc) is 3.24. The first-order valence-electron chi connectivity index (χ1n) is 25.0. The Balaban J connectivity index is 0.000000186. The zero-order chi connectivity index (χ0) is 44.0. The van der Waals surface area contributed by atoms with Gasteiger partial charge < -0.3 is 24.6 Å². The van der Waals surface area contributed by atoms with Crippen LogP contribution in [0.25, 0.3) is 0 Å². The number of aryl methyl sites for hydroxylation is 2. The van der Waals surface area contributed by atoms with E-state index in [0.717, 1.165) is 107 Å². The van der Waals surface area contributed by atoms with E-state index in [1.54, 1.807) is 0 Å². The van der Waals surface area contributed by atoms with E-state index in [9.17, 15) is 19.8 Å². The smallest absolute Gasteiger partial charge is 0.306 e. The SMILES string of the molecule is CC(C)(C)C1CCC(Oc2ccc3c(c2)CCC(C=C2CCC(C(=O)O)CC2)C3)CC1.CC(C)(C)C1CCC(Oc2ccc3c(c2)CCC(CN2CCC(C(=O)O)CC2)C3)CC1. The summed E-state index contributed by atoms with van der Waals surface area (Å²) in [6, 6.07) is 13.6. The molecule has 2 N–H and O–H groups in total. The highest BCUT2D eigenvalue weighted by atomic mass is 16.5. The van der Waals surface area contributed by atoms with Gasteiger partial charge >= 0.3 is 11.9 Å². The standard InChI is InChI=1S/C28H40O3.C27H41NO3/c1-28(2,3)24-11-14-25(15-12-24)31-26-13-10-22-17-20(6-9-23(22)18-26)16-19-4-7-21(8-5-19)27(29)30;1-27(2,3)23-7-10-24(11-8-23)31-25-9-6-21-16-19(4-5-22(21)17-25)18-28-14-12-20(13-15-28)26(29)30/h10,13,16,18,20-21,24-25H,4-9,11-12,14-15,17H2,1-3H3,(H,29,30);6,9,17,19-20,23-24H,4-5,7-8,10-16,18H2,1-3H3,(H,29,30). The lowest BCUT2D eigenvalue weighted by Crippen LogP contribution is -2.40. The fraction of sp³-hybridized carbons (Fsp3) is 0.709. The summed E-state index contributed by atoms with van der Waals surface area (Å²) in [5.41, 5.74) is 8.21. The quantitative estimate of drug-likeness (QED) is 0.243. The van der Waals surface area contributed by atoms with Crippen molar-refractivity contribution in [2.75, 3.05) is 19.6 Å². The predicted octanol–water partition coefficient (Wildman–Crippen LogP) is 12.5. The van der Waals surface area contributed by atoms with Crippen molar-refractivity contribution >= 4 is 11.9 Å². The second-order valence-corrected chi connectivity index (χ2v) is 22.7. The van der Waals surface area contributed by atoms with Crippen molar-refractivity contribution in [3.8, 4) is 11.5 Å². The van der Waals surface area contributed by atoms with Crippen LogP contribution in [0, 0.1) is 46.3 Å². The van der Waals surface area contributed by atoms with Gasteiger partial charge in [0.2, 0.25) is 0 Å². The molecule has 0 bridgehead atoms. The summed E-state index contributed by atoms with van der Waals surface area (Å²) in [5.74, 6) is 3.54. The molecule has 7 heteroatoms. The van der Waals surface area contributed by atoms with Gasteiger partial charge in [-0.3, -0.25) is 9.59 Å². The van der Waals surface area contributed by atoms with E-state index >= 15 is 0 Å². The maximum atomic E-state index is 11.2. The number of allylic oxidation sites excluding steroid dienone is 2. The molecule has 6 aliphatic rings. The van der Waals surface area contributed by atoms with Gasteiger partial charge in [0, 0.05) is 6.54 Å². The van der Waals surface area contributed by atoms with E-state index in [0.29, 0.717) is 34.9 Å². The van der Waals surface area contributed by atoms with Crippen LogP contribution in [0.4, 0.5) is 0 Å². The fourth-order valence-corrected chi connectivity index (χ4v) is 12.0. The van der Waals surface area contributed by atoms with Crippen molar-refractivity contribution in [2.45, 2.75) is 182 Å². The van der Waals surface area contributed by atoms with Gasteiger partial charge in [-0.1, -0.05) is 65.3 Å². The van der Waals surface area contributed by atoms with E-state index in [1.165, 1.54) is 92.0 Å². The minimum atomic E-state index is -0.620. The molecule has 342 valence electrons. The highest BCUT2D eigenvalue weighted by Crippen LogP contribution is 2.41. The number of carbonyl (C=O) groups is 2. The molecular weight excluding hydrogens is 771 g/mol. The summed E-state index contributed by atoms with van der Waals surface area (Å²) >= 11 is 0. The van der Waals surface area contributed by atoms with Crippen molar-refractivity contribution in [1.29, 1.82) is 0 Å². The molecule has 2 atom stereocenters. The topological polar surface area (TPSA) is 96.3 Å². The number of hydrogen-bond donors (Lipinski definition) is 2. The zero-order valence-corrected chi connectivity index (χ0v) is 39.4. The second-order valence-electron chi connectivity index (χ2n) is 22.7. The van der Waals surface area contributed by atoms with Gasteiger partial charge in [0.1, 0.15) is 11.5 Å². The van der Waals surface area contributed by atoms with Crippen LogP contribution in [-0.2, 0) is 35.3 Å². The van der Waals surface area contributed by atoms with E-state index < -0.39 is 11.9 Å². The number of hydrogen-bond acceptors (Lipinski definition) is 5. The lowest BCUT2D eigenvalue weighted by atomic mass is 9.72. The lowest BCUT2D eigenvalue weighted by molar-refractivity contribution is -0.144. The molecule has 0 radical (unpaired) electrons. The Morgan fingerprint density at radius 2 is 1.05 bits per heavy atom. The van der Waals surface area contributed by atoms with Crippen molar-refractivity contribution < 1.29 is 29.3 Å². The molecule has 8 rings (SSSR count). The van der Waals surface area contributed by atoms with Crippen LogP contribution in [0.2, 0.25) is 0 Å². The van der Waals surface area contributed by atoms with E-state index in [-0.39, 0.29) is 11.8 Å². The Morgan fingerprint density at radius 3 is 1.53 bits per heavy atom. The Labute approximate surface area is 374 Å². The minimum absolute atomic E-state index is 0.133. The van der Waals surface area contributed by atoms with Crippen molar-refractivity contribution in [3.05, 3.63) is 70.3 Å². The van der Waals surface area contributed by atoms with E-state index in [4.69, 9.17) is 9.47 Å². The summed E-state index contributed by atoms with van der Waals surface area (Å²) in [4.78, 5) is 24.8. The molecule has 62 heavy (non-hydrogen) atoms. The van der Waals surface area contributed by atoms with Crippen LogP contribution in [0.1, 0.15) is 167 Å².